The van der Waals surface area contributed by atoms with Crippen LogP contribution in [0.2, 0.25) is 0 Å². The van der Waals surface area contributed by atoms with E-state index in [1.807, 2.05) is 43.0 Å². The summed E-state index contributed by atoms with van der Waals surface area (Å²) in [6.07, 6.45) is -0.187. The third-order valence-electron chi connectivity index (χ3n) is 4.16. The lowest BCUT2D eigenvalue weighted by atomic mass is 10.0. The Kier molecular flexibility index (Phi) is 4.45. The minimum absolute atomic E-state index is 0.00162. The fourth-order valence-electron chi connectivity index (χ4n) is 2.78. The van der Waals surface area contributed by atoms with Crippen molar-refractivity contribution in [2.75, 3.05) is 31.2 Å². The van der Waals surface area contributed by atoms with E-state index in [2.05, 4.69) is 10.2 Å². The summed E-state index contributed by atoms with van der Waals surface area (Å²) in [7, 11) is 0. The first-order valence-corrected chi connectivity index (χ1v) is 7.71. The number of phenolic OH excluding ortho intramolecular Hbond substituents is 1. The Morgan fingerprint density at radius 1 is 1.17 bits per heavy atom. The van der Waals surface area contributed by atoms with Gasteiger partial charge in [0.1, 0.15) is 5.75 Å². The third kappa shape index (κ3) is 3.13. The van der Waals surface area contributed by atoms with Gasteiger partial charge in [0.2, 0.25) is 0 Å². The Bertz CT molecular complexity index is 688. The molecule has 6 heteroatoms. The van der Waals surface area contributed by atoms with Crippen LogP contribution in [0.4, 0.5) is 5.82 Å². The molecule has 0 aliphatic carbocycles. The van der Waals surface area contributed by atoms with Crippen LogP contribution in [0.3, 0.4) is 0 Å². The molecule has 0 spiro atoms. The zero-order chi connectivity index (χ0) is 16.4. The number of aliphatic hydroxyl groups is 1. The van der Waals surface area contributed by atoms with Crippen molar-refractivity contribution in [3.8, 4) is 17.0 Å². The van der Waals surface area contributed by atoms with E-state index in [4.69, 9.17) is 4.74 Å². The van der Waals surface area contributed by atoms with Gasteiger partial charge in [0.25, 0.3) is 0 Å². The molecule has 122 valence electrons. The number of aromatic hydroxyl groups is 1. The van der Waals surface area contributed by atoms with Crippen molar-refractivity contribution < 1.29 is 14.9 Å². The molecule has 1 aliphatic heterocycles. The molecule has 0 unspecified atom stereocenters. The Hall–Kier alpha value is -2.18. The molecule has 2 heterocycles. The molecular weight excluding hydrogens is 294 g/mol. The molecule has 0 saturated carbocycles. The number of rotatable bonds is 3. The van der Waals surface area contributed by atoms with Gasteiger partial charge in [-0.2, -0.15) is 0 Å². The maximum atomic E-state index is 10.3. The third-order valence-corrected chi connectivity index (χ3v) is 4.16. The highest BCUT2D eigenvalue weighted by Gasteiger charge is 2.21. The van der Waals surface area contributed by atoms with Gasteiger partial charge in [-0.1, -0.05) is 12.1 Å². The van der Waals surface area contributed by atoms with Gasteiger partial charge in [-0.25, -0.2) is 0 Å². The van der Waals surface area contributed by atoms with E-state index in [0.29, 0.717) is 18.8 Å². The number of aromatic nitrogens is 2. The van der Waals surface area contributed by atoms with Crippen LogP contribution in [0.25, 0.3) is 11.3 Å². The number of hydrogen-bond acceptors (Lipinski definition) is 6. The first kappa shape index (κ1) is 15.7. The average Bonchev–Trinajstić information content (AvgIpc) is 2.59. The monoisotopic (exact) mass is 315 g/mol. The molecule has 1 atom stereocenters. The zero-order valence-corrected chi connectivity index (χ0v) is 13.4. The Morgan fingerprint density at radius 3 is 2.65 bits per heavy atom. The minimum Gasteiger partial charge on any atom is -0.507 e. The highest BCUT2D eigenvalue weighted by molar-refractivity contribution is 5.72. The first-order valence-electron chi connectivity index (χ1n) is 7.71. The number of nitrogens with zero attached hydrogens (tertiary/aromatic N) is 3. The number of hydrogen-bond donors (Lipinski definition) is 2. The number of benzene rings is 1. The van der Waals surface area contributed by atoms with Crippen LogP contribution in [-0.4, -0.2) is 52.8 Å². The summed E-state index contributed by atoms with van der Waals surface area (Å²) >= 11 is 0. The molecule has 2 aromatic rings. The number of aliphatic hydroxyl groups excluding tert-OH is 1. The van der Waals surface area contributed by atoms with Crippen LogP contribution < -0.4 is 4.90 Å². The fraction of sp³-hybridized carbons (Fsp3) is 0.412. The highest BCUT2D eigenvalue weighted by Crippen LogP contribution is 2.33. The van der Waals surface area contributed by atoms with Crippen molar-refractivity contribution in [3.05, 3.63) is 35.4 Å². The second-order valence-electron chi connectivity index (χ2n) is 5.82. The van der Waals surface area contributed by atoms with Gasteiger partial charge in [-0.05, 0) is 37.1 Å². The van der Waals surface area contributed by atoms with Crippen molar-refractivity contribution >= 4 is 5.82 Å². The van der Waals surface area contributed by atoms with Gasteiger partial charge in [-0.3, -0.25) is 0 Å². The van der Waals surface area contributed by atoms with E-state index in [1.54, 1.807) is 0 Å². The van der Waals surface area contributed by atoms with Gasteiger partial charge < -0.3 is 19.8 Å². The van der Waals surface area contributed by atoms with Crippen molar-refractivity contribution in [3.63, 3.8) is 0 Å². The van der Waals surface area contributed by atoms with Gasteiger partial charge in [0, 0.05) is 18.7 Å². The summed E-state index contributed by atoms with van der Waals surface area (Å²) in [6.45, 7) is 5.68. The average molecular weight is 315 g/mol. The highest BCUT2D eigenvalue weighted by atomic mass is 16.5. The molecule has 6 nitrogen and oxygen atoms in total. The predicted octanol–water partition coefficient (Wildman–Crippen LogP) is 1.66. The molecule has 23 heavy (non-hydrogen) atoms. The van der Waals surface area contributed by atoms with E-state index >= 15 is 0 Å². The topological polar surface area (TPSA) is 78.7 Å². The molecule has 1 aliphatic rings. The molecule has 3 rings (SSSR count). The molecule has 1 aromatic carbocycles. The van der Waals surface area contributed by atoms with Crippen molar-refractivity contribution in [2.45, 2.75) is 20.0 Å². The molecule has 1 aromatic heterocycles. The lowest BCUT2D eigenvalue weighted by molar-refractivity contribution is 0.00332. The van der Waals surface area contributed by atoms with Crippen LogP contribution in [0.15, 0.2) is 24.3 Å². The normalized spacial score (nSPS) is 18.2. The molecule has 0 radical (unpaired) electrons. The number of anilines is 1. The minimum atomic E-state index is -0.187. The SMILES string of the molecule is Cc1ccc(C)c(-c2ccc(N3CCO[C@H](CO)C3)nn2)c1O. The zero-order valence-electron chi connectivity index (χ0n) is 13.4. The molecule has 0 amide bonds. The summed E-state index contributed by atoms with van der Waals surface area (Å²) in [4.78, 5) is 2.05. The van der Waals surface area contributed by atoms with E-state index in [9.17, 15) is 10.2 Å². The number of morpholine rings is 1. The summed E-state index contributed by atoms with van der Waals surface area (Å²) in [5.74, 6) is 0.999. The van der Waals surface area contributed by atoms with Crippen LogP contribution in [0, 0.1) is 13.8 Å². The lowest BCUT2D eigenvalue weighted by Crippen LogP contribution is -2.44. The Balaban J connectivity index is 1.87. The molecule has 0 bridgehead atoms. The molecule has 1 fully saturated rings. The molecular formula is C17H21N3O3. The number of phenols is 1. The molecule has 1 saturated heterocycles. The van der Waals surface area contributed by atoms with Gasteiger partial charge in [0.05, 0.1) is 25.0 Å². The van der Waals surface area contributed by atoms with Gasteiger partial charge in [-0.15, -0.1) is 10.2 Å². The second-order valence-corrected chi connectivity index (χ2v) is 5.82. The maximum Gasteiger partial charge on any atom is 0.151 e. The van der Waals surface area contributed by atoms with Crippen LogP contribution in [0.1, 0.15) is 11.1 Å². The van der Waals surface area contributed by atoms with Crippen molar-refractivity contribution in [1.29, 1.82) is 0 Å². The van der Waals surface area contributed by atoms with Gasteiger partial charge >= 0.3 is 0 Å². The van der Waals surface area contributed by atoms with E-state index in [1.165, 1.54) is 0 Å². The Labute approximate surface area is 135 Å². The number of ether oxygens (including phenoxy) is 1. The summed E-state index contributed by atoms with van der Waals surface area (Å²) in [5, 5.41) is 28.1. The predicted molar refractivity (Wildman–Crippen MR) is 87.6 cm³/mol. The summed E-state index contributed by atoms with van der Waals surface area (Å²) in [6, 6.07) is 7.61. The Morgan fingerprint density at radius 2 is 1.96 bits per heavy atom. The summed E-state index contributed by atoms with van der Waals surface area (Å²) < 4.78 is 5.44. The standard InChI is InChI=1S/C17H21N3O3/c1-11-3-4-12(2)17(22)16(11)14-5-6-15(19-18-14)20-7-8-23-13(9-20)10-21/h3-6,13,21-22H,7-10H2,1-2H3/t13-/m0/s1. The van der Waals surface area contributed by atoms with E-state index in [-0.39, 0.29) is 18.5 Å². The fourth-order valence-corrected chi connectivity index (χ4v) is 2.78. The maximum absolute atomic E-state index is 10.3. The smallest absolute Gasteiger partial charge is 0.151 e. The first-order chi connectivity index (χ1) is 11.1. The van der Waals surface area contributed by atoms with Crippen LogP contribution in [0.5, 0.6) is 5.75 Å². The lowest BCUT2D eigenvalue weighted by Gasteiger charge is -2.32. The quantitative estimate of drug-likeness (QED) is 0.897. The van der Waals surface area contributed by atoms with E-state index < -0.39 is 0 Å². The van der Waals surface area contributed by atoms with Gasteiger partial charge in [0.15, 0.2) is 5.82 Å². The largest absolute Gasteiger partial charge is 0.507 e. The van der Waals surface area contributed by atoms with Crippen LogP contribution in [-0.2, 0) is 4.74 Å². The number of aryl methyl sites for hydroxylation is 2. The molecule has 2 N–H and O–H groups in total. The summed E-state index contributed by atoms with van der Waals surface area (Å²) in [5.41, 5.74) is 3.15. The van der Waals surface area contributed by atoms with Crippen LogP contribution >= 0.6 is 0 Å². The second kappa shape index (κ2) is 6.52. The van der Waals surface area contributed by atoms with Crippen molar-refractivity contribution in [1.82, 2.24) is 10.2 Å². The van der Waals surface area contributed by atoms with E-state index in [0.717, 1.165) is 29.1 Å². The van der Waals surface area contributed by atoms with Crippen molar-refractivity contribution in [2.24, 2.45) is 0 Å².